The molecule has 1 atom stereocenters. The van der Waals surface area contributed by atoms with Gasteiger partial charge >= 0.3 is 0 Å². The van der Waals surface area contributed by atoms with Crippen LogP contribution in [-0.2, 0) is 4.79 Å². The Bertz CT molecular complexity index is 216. The number of nitrogens with two attached hydrogens (primary N) is 1. The Morgan fingerprint density at radius 1 is 1.44 bits per heavy atom. The quantitative estimate of drug-likeness (QED) is 0.725. The smallest absolute Gasteiger partial charge is 0.222 e. The Morgan fingerprint density at radius 2 is 2.12 bits per heavy atom. The maximum atomic E-state index is 11.7. The molecule has 94 valence electrons. The van der Waals surface area contributed by atoms with Gasteiger partial charge in [-0.15, -0.1) is 0 Å². The second-order valence-corrected chi connectivity index (χ2v) is 4.52. The van der Waals surface area contributed by atoms with Crippen LogP contribution >= 0.6 is 0 Å². The van der Waals surface area contributed by atoms with Crippen LogP contribution in [0, 0.1) is 0 Å². The highest BCUT2D eigenvalue weighted by atomic mass is 16.2. The van der Waals surface area contributed by atoms with E-state index in [9.17, 15) is 4.79 Å². The van der Waals surface area contributed by atoms with Crippen LogP contribution in [0.1, 0.15) is 33.1 Å². The van der Waals surface area contributed by atoms with Gasteiger partial charge in [0.25, 0.3) is 0 Å². The SMILES string of the molecule is CCN(CC)C(=O)CCCN1CC[C@H](N)C1. The zero-order valence-corrected chi connectivity index (χ0v) is 10.6. The van der Waals surface area contributed by atoms with Gasteiger partial charge in [-0.3, -0.25) is 4.79 Å². The molecule has 16 heavy (non-hydrogen) atoms. The predicted molar refractivity (Wildman–Crippen MR) is 66.2 cm³/mol. The maximum absolute atomic E-state index is 11.7. The lowest BCUT2D eigenvalue weighted by atomic mass is 10.2. The van der Waals surface area contributed by atoms with Crippen molar-refractivity contribution in [3.63, 3.8) is 0 Å². The van der Waals surface area contributed by atoms with Crippen molar-refractivity contribution in [3.05, 3.63) is 0 Å². The summed E-state index contributed by atoms with van der Waals surface area (Å²) in [5.41, 5.74) is 5.83. The Morgan fingerprint density at radius 3 is 2.62 bits per heavy atom. The third kappa shape index (κ3) is 4.10. The molecule has 0 radical (unpaired) electrons. The first-order valence-corrected chi connectivity index (χ1v) is 6.43. The van der Waals surface area contributed by atoms with E-state index < -0.39 is 0 Å². The molecule has 1 saturated heterocycles. The van der Waals surface area contributed by atoms with Gasteiger partial charge in [-0.1, -0.05) is 0 Å². The molecule has 0 aromatic heterocycles. The van der Waals surface area contributed by atoms with Gasteiger partial charge in [0.1, 0.15) is 0 Å². The van der Waals surface area contributed by atoms with Gasteiger partial charge in [-0.25, -0.2) is 0 Å². The minimum Gasteiger partial charge on any atom is -0.343 e. The molecular formula is C12H25N3O. The lowest BCUT2D eigenvalue weighted by Crippen LogP contribution is -2.32. The van der Waals surface area contributed by atoms with Crippen molar-refractivity contribution in [2.45, 2.75) is 39.2 Å². The van der Waals surface area contributed by atoms with Gasteiger partial charge in [0.15, 0.2) is 0 Å². The number of amides is 1. The second-order valence-electron chi connectivity index (χ2n) is 4.52. The number of rotatable bonds is 6. The minimum absolute atomic E-state index is 0.286. The van der Waals surface area contributed by atoms with Crippen LogP contribution < -0.4 is 5.73 Å². The van der Waals surface area contributed by atoms with Crippen LogP contribution in [0.5, 0.6) is 0 Å². The van der Waals surface area contributed by atoms with Crippen molar-refractivity contribution in [1.82, 2.24) is 9.80 Å². The molecule has 0 aliphatic carbocycles. The largest absolute Gasteiger partial charge is 0.343 e. The molecule has 0 aromatic rings. The van der Waals surface area contributed by atoms with Crippen molar-refractivity contribution in [1.29, 1.82) is 0 Å². The predicted octanol–water partition coefficient (Wildman–Crippen LogP) is 0.668. The third-order valence-corrected chi connectivity index (χ3v) is 3.29. The van der Waals surface area contributed by atoms with E-state index in [4.69, 9.17) is 5.73 Å². The average molecular weight is 227 g/mol. The fourth-order valence-corrected chi connectivity index (χ4v) is 2.25. The number of nitrogens with zero attached hydrogens (tertiary/aromatic N) is 2. The molecule has 1 rings (SSSR count). The summed E-state index contributed by atoms with van der Waals surface area (Å²) in [4.78, 5) is 16.0. The highest BCUT2D eigenvalue weighted by Crippen LogP contribution is 2.08. The van der Waals surface area contributed by atoms with Gasteiger partial charge in [0.2, 0.25) is 5.91 Å². The molecule has 1 aliphatic rings. The fourth-order valence-electron chi connectivity index (χ4n) is 2.25. The molecular weight excluding hydrogens is 202 g/mol. The van der Waals surface area contributed by atoms with Crippen LogP contribution in [-0.4, -0.2) is 54.5 Å². The summed E-state index contributed by atoms with van der Waals surface area (Å²) in [7, 11) is 0. The first-order chi connectivity index (χ1) is 7.67. The number of carbonyl (C=O) groups excluding carboxylic acids is 1. The molecule has 0 spiro atoms. The van der Waals surface area contributed by atoms with Crippen LogP contribution in [0.4, 0.5) is 0 Å². The molecule has 1 amide bonds. The van der Waals surface area contributed by atoms with Gasteiger partial charge in [-0.2, -0.15) is 0 Å². The Hall–Kier alpha value is -0.610. The Kier molecular flexibility index (Phi) is 5.77. The molecule has 1 heterocycles. The summed E-state index contributed by atoms with van der Waals surface area (Å²) in [5.74, 6) is 0.286. The summed E-state index contributed by atoms with van der Waals surface area (Å²) < 4.78 is 0. The fraction of sp³-hybridized carbons (Fsp3) is 0.917. The summed E-state index contributed by atoms with van der Waals surface area (Å²) in [5, 5.41) is 0. The summed E-state index contributed by atoms with van der Waals surface area (Å²) in [6.07, 6.45) is 2.74. The van der Waals surface area contributed by atoms with Crippen molar-refractivity contribution in [3.8, 4) is 0 Å². The highest BCUT2D eigenvalue weighted by molar-refractivity contribution is 5.76. The molecule has 4 nitrogen and oxygen atoms in total. The van der Waals surface area contributed by atoms with E-state index >= 15 is 0 Å². The molecule has 2 N–H and O–H groups in total. The van der Waals surface area contributed by atoms with Crippen molar-refractivity contribution >= 4 is 5.91 Å². The Labute approximate surface area is 98.8 Å². The van der Waals surface area contributed by atoms with Crippen molar-refractivity contribution in [2.24, 2.45) is 5.73 Å². The molecule has 0 saturated carbocycles. The zero-order valence-electron chi connectivity index (χ0n) is 10.6. The zero-order chi connectivity index (χ0) is 12.0. The van der Waals surface area contributed by atoms with Crippen LogP contribution in [0.2, 0.25) is 0 Å². The molecule has 0 unspecified atom stereocenters. The van der Waals surface area contributed by atoms with E-state index in [1.54, 1.807) is 0 Å². The lowest BCUT2D eigenvalue weighted by molar-refractivity contribution is -0.130. The lowest BCUT2D eigenvalue weighted by Gasteiger charge is -2.20. The third-order valence-electron chi connectivity index (χ3n) is 3.29. The molecule has 0 bridgehead atoms. The summed E-state index contributed by atoms with van der Waals surface area (Å²) in [6.45, 7) is 8.82. The van der Waals surface area contributed by atoms with Gasteiger partial charge in [0.05, 0.1) is 0 Å². The average Bonchev–Trinajstić information content (AvgIpc) is 2.66. The van der Waals surface area contributed by atoms with E-state index in [1.807, 2.05) is 18.7 Å². The number of hydrogen-bond donors (Lipinski definition) is 1. The first kappa shape index (κ1) is 13.5. The van der Waals surface area contributed by atoms with Crippen molar-refractivity contribution < 1.29 is 4.79 Å². The van der Waals surface area contributed by atoms with Gasteiger partial charge in [-0.05, 0) is 39.8 Å². The second kappa shape index (κ2) is 6.86. The molecule has 1 aliphatic heterocycles. The number of likely N-dealkylation sites (tertiary alicyclic amines) is 1. The van der Waals surface area contributed by atoms with Crippen LogP contribution in [0.25, 0.3) is 0 Å². The van der Waals surface area contributed by atoms with E-state index in [0.717, 1.165) is 45.6 Å². The normalized spacial score (nSPS) is 21.3. The first-order valence-electron chi connectivity index (χ1n) is 6.43. The summed E-state index contributed by atoms with van der Waals surface area (Å²) in [6, 6.07) is 0.346. The monoisotopic (exact) mass is 227 g/mol. The van der Waals surface area contributed by atoms with Gasteiger partial charge < -0.3 is 15.5 Å². The van der Waals surface area contributed by atoms with E-state index in [1.165, 1.54) is 0 Å². The Balaban J connectivity index is 2.12. The molecule has 1 fully saturated rings. The minimum atomic E-state index is 0.286. The maximum Gasteiger partial charge on any atom is 0.222 e. The van der Waals surface area contributed by atoms with E-state index in [2.05, 4.69) is 4.90 Å². The summed E-state index contributed by atoms with van der Waals surface area (Å²) >= 11 is 0. The standard InChI is InChI=1S/C12H25N3O/c1-3-15(4-2)12(16)6-5-8-14-9-7-11(13)10-14/h11H,3-10,13H2,1-2H3/t11-/m0/s1. The number of hydrogen-bond acceptors (Lipinski definition) is 3. The topological polar surface area (TPSA) is 49.6 Å². The van der Waals surface area contributed by atoms with E-state index in [0.29, 0.717) is 12.5 Å². The van der Waals surface area contributed by atoms with E-state index in [-0.39, 0.29) is 5.91 Å². The number of carbonyl (C=O) groups is 1. The highest BCUT2D eigenvalue weighted by Gasteiger charge is 2.18. The van der Waals surface area contributed by atoms with Crippen LogP contribution in [0.15, 0.2) is 0 Å². The van der Waals surface area contributed by atoms with Crippen molar-refractivity contribution in [2.75, 3.05) is 32.7 Å². The van der Waals surface area contributed by atoms with Gasteiger partial charge in [0, 0.05) is 32.1 Å². The molecule has 0 aromatic carbocycles. The molecule has 4 heteroatoms. The van der Waals surface area contributed by atoms with Crippen LogP contribution in [0.3, 0.4) is 0 Å².